The number of carbonyl (C=O) groups excluding carboxylic acids is 1. The lowest BCUT2D eigenvalue weighted by atomic mass is 9.91. The van der Waals surface area contributed by atoms with Crippen molar-refractivity contribution in [3.63, 3.8) is 0 Å². The maximum atomic E-state index is 12.5. The van der Waals surface area contributed by atoms with Crippen LogP contribution < -0.4 is 4.74 Å². The normalized spacial score (nSPS) is 23.2. The molecule has 1 aromatic carbocycles. The average molecular weight is 261 g/mol. The lowest BCUT2D eigenvalue weighted by Crippen LogP contribution is -2.42. The predicted molar refractivity (Wildman–Crippen MR) is 76.5 cm³/mol. The number of carbonyl (C=O) groups is 1. The molecule has 19 heavy (non-hydrogen) atoms. The van der Waals surface area contributed by atoms with E-state index < -0.39 is 0 Å². The van der Waals surface area contributed by atoms with Crippen molar-refractivity contribution in [3.05, 3.63) is 29.8 Å². The van der Waals surface area contributed by atoms with Crippen molar-refractivity contribution < 1.29 is 9.53 Å². The van der Waals surface area contributed by atoms with E-state index in [9.17, 15) is 4.79 Å². The molecule has 2 rings (SSSR count). The number of benzene rings is 1. The van der Waals surface area contributed by atoms with Crippen LogP contribution in [0.25, 0.3) is 0 Å². The van der Waals surface area contributed by atoms with Gasteiger partial charge in [-0.3, -0.25) is 4.79 Å². The predicted octanol–water partition coefficient (Wildman–Crippen LogP) is 3.20. The summed E-state index contributed by atoms with van der Waals surface area (Å²) in [6.07, 6.45) is 1.21. The molecule has 1 fully saturated rings. The van der Waals surface area contributed by atoms with Gasteiger partial charge in [0.2, 0.25) is 0 Å². The summed E-state index contributed by atoms with van der Waals surface area (Å²) in [5, 5.41) is 0. The minimum atomic E-state index is 0.125. The second kappa shape index (κ2) is 6.09. The first-order valence-corrected chi connectivity index (χ1v) is 7.12. The first-order chi connectivity index (χ1) is 9.10. The Kier molecular flexibility index (Phi) is 4.46. The lowest BCUT2D eigenvalue weighted by molar-refractivity contribution is 0.0622. The fourth-order valence-electron chi connectivity index (χ4n) is 2.90. The second-order valence-electron chi connectivity index (χ2n) is 5.62. The number of hydrogen-bond acceptors (Lipinski definition) is 2. The Morgan fingerprint density at radius 1 is 1.32 bits per heavy atom. The van der Waals surface area contributed by atoms with Crippen molar-refractivity contribution in [3.8, 4) is 5.75 Å². The molecule has 1 aromatic rings. The van der Waals surface area contributed by atoms with Crippen molar-refractivity contribution in [1.29, 1.82) is 0 Å². The first kappa shape index (κ1) is 13.9. The van der Waals surface area contributed by atoms with Crippen LogP contribution in [0.3, 0.4) is 0 Å². The van der Waals surface area contributed by atoms with Crippen LogP contribution in [0.15, 0.2) is 24.3 Å². The molecule has 0 N–H and O–H groups in total. The van der Waals surface area contributed by atoms with Crippen molar-refractivity contribution in [2.24, 2.45) is 11.8 Å². The van der Waals surface area contributed by atoms with Gasteiger partial charge in [0.25, 0.3) is 5.91 Å². The topological polar surface area (TPSA) is 29.5 Å². The quantitative estimate of drug-likeness (QED) is 0.836. The zero-order valence-electron chi connectivity index (χ0n) is 12.1. The van der Waals surface area contributed by atoms with E-state index in [-0.39, 0.29) is 5.91 Å². The monoisotopic (exact) mass is 261 g/mol. The van der Waals surface area contributed by atoms with E-state index in [1.54, 1.807) is 0 Å². The van der Waals surface area contributed by atoms with Crippen molar-refractivity contribution in [2.45, 2.75) is 27.2 Å². The van der Waals surface area contributed by atoms with E-state index in [1.165, 1.54) is 6.42 Å². The highest BCUT2D eigenvalue weighted by Crippen LogP contribution is 2.23. The Hall–Kier alpha value is -1.51. The molecule has 1 saturated heterocycles. The molecule has 104 valence electrons. The summed E-state index contributed by atoms with van der Waals surface area (Å²) >= 11 is 0. The number of hydrogen-bond donors (Lipinski definition) is 0. The van der Waals surface area contributed by atoms with E-state index in [1.807, 2.05) is 36.1 Å². The molecule has 3 nitrogen and oxygen atoms in total. The molecule has 0 bridgehead atoms. The third kappa shape index (κ3) is 3.49. The third-order valence-electron chi connectivity index (χ3n) is 3.55. The Balaban J connectivity index is 2.12. The van der Waals surface area contributed by atoms with E-state index in [0.717, 1.165) is 24.4 Å². The summed E-state index contributed by atoms with van der Waals surface area (Å²) in [7, 11) is 0. The van der Waals surface area contributed by atoms with E-state index >= 15 is 0 Å². The summed E-state index contributed by atoms with van der Waals surface area (Å²) in [5.74, 6) is 2.07. The van der Waals surface area contributed by atoms with Crippen LogP contribution in [0.5, 0.6) is 5.75 Å². The van der Waals surface area contributed by atoms with Gasteiger partial charge in [-0.2, -0.15) is 0 Å². The largest absolute Gasteiger partial charge is 0.494 e. The van der Waals surface area contributed by atoms with Crippen LogP contribution in [-0.2, 0) is 0 Å². The number of likely N-dealkylation sites (tertiary alicyclic amines) is 1. The van der Waals surface area contributed by atoms with Crippen molar-refractivity contribution in [1.82, 2.24) is 4.90 Å². The fraction of sp³-hybridized carbons (Fsp3) is 0.562. The van der Waals surface area contributed by atoms with Gasteiger partial charge in [-0.05, 0) is 43.4 Å². The fourth-order valence-corrected chi connectivity index (χ4v) is 2.90. The molecular weight excluding hydrogens is 238 g/mol. The molecule has 0 aliphatic carbocycles. The van der Waals surface area contributed by atoms with Gasteiger partial charge in [0.1, 0.15) is 5.75 Å². The standard InChI is InChI=1S/C16H23NO2/c1-4-19-15-7-5-6-14(9-15)16(18)17-10-12(2)8-13(3)11-17/h5-7,9,12-13H,4,8,10-11H2,1-3H3. The number of ether oxygens (including phenoxy) is 1. The van der Waals surface area contributed by atoms with Gasteiger partial charge >= 0.3 is 0 Å². The molecule has 1 heterocycles. The summed E-state index contributed by atoms with van der Waals surface area (Å²) < 4.78 is 5.46. The van der Waals surface area contributed by atoms with Crippen molar-refractivity contribution in [2.75, 3.05) is 19.7 Å². The van der Waals surface area contributed by atoms with Crippen LogP contribution in [0.1, 0.15) is 37.6 Å². The van der Waals surface area contributed by atoms with Crippen LogP contribution in [0.2, 0.25) is 0 Å². The molecular formula is C16H23NO2. The first-order valence-electron chi connectivity index (χ1n) is 7.12. The van der Waals surface area contributed by atoms with Crippen molar-refractivity contribution >= 4 is 5.91 Å². The Morgan fingerprint density at radius 3 is 2.63 bits per heavy atom. The van der Waals surface area contributed by atoms with Crippen LogP contribution in [0, 0.1) is 11.8 Å². The second-order valence-corrected chi connectivity index (χ2v) is 5.62. The lowest BCUT2D eigenvalue weighted by Gasteiger charge is -2.35. The number of rotatable bonds is 3. The minimum absolute atomic E-state index is 0.125. The zero-order chi connectivity index (χ0) is 13.8. The molecule has 2 atom stereocenters. The molecule has 1 aliphatic heterocycles. The van der Waals surface area contributed by atoms with Crippen LogP contribution in [0.4, 0.5) is 0 Å². The number of amides is 1. The molecule has 3 heteroatoms. The SMILES string of the molecule is CCOc1cccc(C(=O)N2CC(C)CC(C)C2)c1. The highest BCUT2D eigenvalue weighted by molar-refractivity contribution is 5.94. The van der Waals surface area contributed by atoms with Gasteiger partial charge in [0, 0.05) is 18.7 Å². The summed E-state index contributed by atoms with van der Waals surface area (Å²) in [4.78, 5) is 14.5. The summed E-state index contributed by atoms with van der Waals surface area (Å²) in [6, 6.07) is 7.49. The smallest absolute Gasteiger partial charge is 0.254 e. The summed E-state index contributed by atoms with van der Waals surface area (Å²) in [6.45, 7) is 8.72. The molecule has 0 radical (unpaired) electrons. The molecule has 0 saturated carbocycles. The number of piperidine rings is 1. The van der Waals surface area contributed by atoms with Gasteiger partial charge in [-0.1, -0.05) is 19.9 Å². The molecule has 0 aromatic heterocycles. The third-order valence-corrected chi connectivity index (χ3v) is 3.55. The maximum Gasteiger partial charge on any atom is 0.254 e. The van der Waals surface area contributed by atoms with Gasteiger partial charge in [0.15, 0.2) is 0 Å². The van der Waals surface area contributed by atoms with Gasteiger partial charge in [-0.15, -0.1) is 0 Å². The highest BCUT2D eigenvalue weighted by atomic mass is 16.5. The number of nitrogens with zero attached hydrogens (tertiary/aromatic N) is 1. The molecule has 0 spiro atoms. The van der Waals surface area contributed by atoms with Crippen LogP contribution in [-0.4, -0.2) is 30.5 Å². The van der Waals surface area contributed by atoms with Gasteiger partial charge in [-0.25, -0.2) is 0 Å². The van der Waals surface area contributed by atoms with Gasteiger partial charge < -0.3 is 9.64 Å². The molecule has 1 amide bonds. The van der Waals surface area contributed by atoms with Crippen LogP contribution >= 0.6 is 0 Å². The van der Waals surface area contributed by atoms with E-state index in [2.05, 4.69) is 13.8 Å². The maximum absolute atomic E-state index is 12.5. The van der Waals surface area contributed by atoms with E-state index in [0.29, 0.717) is 18.4 Å². The Morgan fingerprint density at radius 2 is 2.00 bits per heavy atom. The minimum Gasteiger partial charge on any atom is -0.494 e. The Labute approximate surface area is 115 Å². The average Bonchev–Trinajstić information content (AvgIpc) is 2.37. The highest BCUT2D eigenvalue weighted by Gasteiger charge is 2.26. The van der Waals surface area contributed by atoms with E-state index in [4.69, 9.17) is 4.74 Å². The van der Waals surface area contributed by atoms with Gasteiger partial charge in [0.05, 0.1) is 6.61 Å². The Bertz CT molecular complexity index is 434. The molecule has 2 unspecified atom stereocenters. The molecule has 1 aliphatic rings. The summed E-state index contributed by atoms with van der Waals surface area (Å²) in [5.41, 5.74) is 0.729. The zero-order valence-corrected chi connectivity index (χ0v) is 12.1.